The molecule has 0 atom stereocenters. The third-order valence-electron chi connectivity index (χ3n) is 6.88. The minimum Gasteiger partial charge on any atom is -0.490 e. The Balaban J connectivity index is 0.00000380. The molecular formula is C26H35Cl2N5O4. The summed E-state index contributed by atoms with van der Waals surface area (Å²) in [6, 6.07) is 10.7. The van der Waals surface area contributed by atoms with Crippen LogP contribution in [-0.2, 0) is 4.79 Å². The number of nitrogens with one attached hydrogen (secondary N) is 1. The minimum absolute atomic E-state index is 0. The number of nitrogens with zero attached hydrogens (tertiary/aromatic N) is 4. The van der Waals surface area contributed by atoms with E-state index < -0.39 is 4.92 Å². The number of halogens is 2. The van der Waals surface area contributed by atoms with Crippen LogP contribution in [0.25, 0.3) is 0 Å². The van der Waals surface area contributed by atoms with Gasteiger partial charge in [0, 0.05) is 81.8 Å². The molecule has 2 heterocycles. The molecule has 0 aliphatic carbocycles. The van der Waals surface area contributed by atoms with Crippen molar-refractivity contribution in [3.05, 3.63) is 56.6 Å². The highest BCUT2D eigenvalue weighted by molar-refractivity contribution is 6.42. The normalized spacial score (nSPS) is 16.7. The Morgan fingerprint density at radius 3 is 2.38 bits per heavy atom. The third-order valence-corrected chi connectivity index (χ3v) is 7.62. The fourth-order valence-corrected chi connectivity index (χ4v) is 5.04. The van der Waals surface area contributed by atoms with Gasteiger partial charge in [0.2, 0.25) is 5.91 Å². The standard InChI is InChI=1S/C25H31Cl2N5O4.CH4/c1-36-24-16-19(2-5-23(24)32(34)35)28-18-6-10-31(11-7-18)25(33)8-9-29-12-14-30(15-13-29)20-3-4-21(26)22(27)17-20;/h2-5,16-18,28H,6-15H2,1H3;1H4. The summed E-state index contributed by atoms with van der Waals surface area (Å²) in [5.74, 6) is 0.424. The Kier molecular flexibility index (Phi) is 10.3. The molecule has 0 radical (unpaired) electrons. The van der Waals surface area contributed by atoms with Gasteiger partial charge in [0.25, 0.3) is 0 Å². The van der Waals surface area contributed by atoms with E-state index in [0.29, 0.717) is 29.6 Å². The average molecular weight is 553 g/mol. The molecule has 1 amide bonds. The number of ether oxygens (including phenoxy) is 1. The van der Waals surface area contributed by atoms with E-state index in [4.69, 9.17) is 27.9 Å². The fraction of sp³-hybridized carbons (Fsp3) is 0.500. The van der Waals surface area contributed by atoms with E-state index in [0.717, 1.165) is 56.9 Å². The van der Waals surface area contributed by atoms with Gasteiger partial charge in [-0.1, -0.05) is 30.6 Å². The SMILES string of the molecule is C.COc1cc(NC2CCN(C(=O)CCN3CCN(c4ccc(Cl)c(Cl)c4)CC3)CC2)ccc1[N+](=O)[O-]. The average Bonchev–Trinajstić information content (AvgIpc) is 2.89. The number of benzene rings is 2. The number of piperidine rings is 1. The Morgan fingerprint density at radius 1 is 1.05 bits per heavy atom. The van der Waals surface area contributed by atoms with E-state index in [1.165, 1.54) is 13.2 Å². The molecule has 0 aromatic heterocycles. The van der Waals surface area contributed by atoms with Crippen molar-refractivity contribution >= 4 is 46.2 Å². The first-order valence-corrected chi connectivity index (χ1v) is 12.9. The van der Waals surface area contributed by atoms with Crippen molar-refractivity contribution in [3.63, 3.8) is 0 Å². The highest BCUT2D eigenvalue weighted by Gasteiger charge is 2.25. The van der Waals surface area contributed by atoms with Crippen LogP contribution in [0.2, 0.25) is 10.0 Å². The first kappa shape index (κ1) is 28.8. The monoisotopic (exact) mass is 551 g/mol. The molecule has 0 unspecified atom stereocenters. The molecule has 2 fully saturated rings. The highest BCUT2D eigenvalue weighted by atomic mass is 35.5. The number of methoxy groups -OCH3 is 1. The molecule has 9 nitrogen and oxygen atoms in total. The Hall–Kier alpha value is -2.75. The minimum atomic E-state index is -0.456. The maximum atomic E-state index is 12.8. The van der Waals surface area contributed by atoms with Gasteiger partial charge in [-0.15, -0.1) is 0 Å². The molecule has 0 bridgehead atoms. The summed E-state index contributed by atoms with van der Waals surface area (Å²) < 4.78 is 5.15. The Bertz CT molecular complexity index is 1090. The van der Waals surface area contributed by atoms with Gasteiger partial charge >= 0.3 is 5.69 Å². The van der Waals surface area contributed by atoms with Crippen LogP contribution in [0.5, 0.6) is 5.75 Å². The maximum Gasteiger partial charge on any atom is 0.311 e. The fourth-order valence-electron chi connectivity index (χ4n) is 4.75. The van der Waals surface area contributed by atoms with Gasteiger partial charge in [0.15, 0.2) is 5.75 Å². The number of amides is 1. The first-order valence-electron chi connectivity index (χ1n) is 12.1. The third kappa shape index (κ3) is 7.40. The Morgan fingerprint density at radius 2 is 1.76 bits per heavy atom. The van der Waals surface area contributed by atoms with Crippen molar-refractivity contribution < 1.29 is 14.5 Å². The first-order chi connectivity index (χ1) is 17.3. The van der Waals surface area contributed by atoms with Crippen LogP contribution >= 0.6 is 23.2 Å². The van der Waals surface area contributed by atoms with Gasteiger partial charge in [-0.05, 0) is 37.1 Å². The van der Waals surface area contributed by atoms with Crippen LogP contribution in [0.4, 0.5) is 17.1 Å². The van der Waals surface area contributed by atoms with Crippen LogP contribution < -0.4 is 15.0 Å². The van der Waals surface area contributed by atoms with Gasteiger partial charge in [-0.2, -0.15) is 0 Å². The Labute approximate surface area is 228 Å². The number of hydrogen-bond acceptors (Lipinski definition) is 7. The zero-order chi connectivity index (χ0) is 25.7. The largest absolute Gasteiger partial charge is 0.490 e. The van der Waals surface area contributed by atoms with Crippen molar-refractivity contribution in [2.75, 3.05) is 63.1 Å². The van der Waals surface area contributed by atoms with Crippen molar-refractivity contribution in [1.82, 2.24) is 9.80 Å². The molecule has 0 spiro atoms. The van der Waals surface area contributed by atoms with Crippen LogP contribution in [0.3, 0.4) is 0 Å². The summed E-state index contributed by atoms with van der Waals surface area (Å²) in [4.78, 5) is 30.0. The summed E-state index contributed by atoms with van der Waals surface area (Å²) in [5.41, 5.74) is 1.80. The number of nitro groups is 1. The van der Waals surface area contributed by atoms with Gasteiger partial charge in [-0.25, -0.2) is 0 Å². The number of anilines is 2. The second kappa shape index (κ2) is 13.2. The lowest BCUT2D eigenvalue weighted by atomic mass is 10.0. The van der Waals surface area contributed by atoms with E-state index in [-0.39, 0.29) is 30.8 Å². The number of likely N-dealkylation sites (tertiary alicyclic amines) is 1. The molecule has 2 aromatic carbocycles. The summed E-state index contributed by atoms with van der Waals surface area (Å²) in [6.45, 7) is 5.73. The van der Waals surface area contributed by atoms with Crippen molar-refractivity contribution in [1.29, 1.82) is 0 Å². The van der Waals surface area contributed by atoms with E-state index in [2.05, 4.69) is 15.1 Å². The predicted molar refractivity (Wildman–Crippen MR) is 149 cm³/mol. The molecule has 202 valence electrons. The lowest BCUT2D eigenvalue weighted by molar-refractivity contribution is -0.385. The molecule has 2 saturated heterocycles. The molecule has 2 aliphatic rings. The van der Waals surface area contributed by atoms with Gasteiger partial charge in [-0.3, -0.25) is 19.8 Å². The number of hydrogen-bond donors (Lipinski definition) is 1. The molecule has 4 rings (SSSR count). The van der Waals surface area contributed by atoms with E-state index in [1.807, 2.05) is 23.1 Å². The number of rotatable bonds is 8. The van der Waals surface area contributed by atoms with Crippen LogP contribution in [0, 0.1) is 10.1 Å². The van der Waals surface area contributed by atoms with Crippen LogP contribution in [0.1, 0.15) is 26.7 Å². The smallest absolute Gasteiger partial charge is 0.311 e. The van der Waals surface area contributed by atoms with E-state index >= 15 is 0 Å². The lowest BCUT2D eigenvalue weighted by Gasteiger charge is -2.37. The second-order valence-corrected chi connectivity index (χ2v) is 9.93. The van der Waals surface area contributed by atoms with Crippen molar-refractivity contribution in [2.24, 2.45) is 0 Å². The van der Waals surface area contributed by atoms with Gasteiger partial charge < -0.3 is 19.9 Å². The van der Waals surface area contributed by atoms with Crippen LogP contribution in [-0.4, -0.2) is 79.6 Å². The zero-order valence-corrected chi connectivity index (χ0v) is 21.8. The number of carbonyl (C=O) groups excluding carboxylic acids is 1. The summed E-state index contributed by atoms with van der Waals surface area (Å²) in [6.07, 6.45) is 2.17. The summed E-state index contributed by atoms with van der Waals surface area (Å²) in [5, 5.41) is 15.6. The summed E-state index contributed by atoms with van der Waals surface area (Å²) >= 11 is 12.2. The summed E-state index contributed by atoms with van der Waals surface area (Å²) in [7, 11) is 1.42. The predicted octanol–water partition coefficient (Wildman–Crippen LogP) is 5.16. The van der Waals surface area contributed by atoms with Crippen LogP contribution in [0.15, 0.2) is 36.4 Å². The molecule has 11 heteroatoms. The molecule has 0 saturated carbocycles. The molecule has 37 heavy (non-hydrogen) atoms. The lowest BCUT2D eigenvalue weighted by Crippen LogP contribution is -2.48. The zero-order valence-electron chi connectivity index (χ0n) is 20.3. The molecule has 1 N–H and O–H groups in total. The quantitative estimate of drug-likeness (QED) is 0.357. The highest BCUT2D eigenvalue weighted by Crippen LogP contribution is 2.31. The second-order valence-electron chi connectivity index (χ2n) is 9.12. The van der Waals surface area contributed by atoms with Gasteiger partial charge in [0.1, 0.15) is 0 Å². The molecular weight excluding hydrogens is 517 g/mol. The maximum absolute atomic E-state index is 12.8. The van der Waals surface area contributed by atoms with E-state index in [1.54, 1.807) is 12.1 Å². The number of piperazine rings is 1. The molecule has 2 aromatic rings. The van der Waals surface area contributed by atoms with Gasteiger partial charge in [0.05, 0.1) is 22.1 Å². The van der Waals surface area contributed by atoms with Crippen molar-refractivity contribution in [3.8, 4) is 5.75 Å². The van der Waals surface area contributed by atoms with E-state index in [9.17, 15) is 14.9 Å². The van der Waals surface area contributed by atoms with Crippen molar-refractivity contribution in [2.45, 2.75) is 32.7 Å². The topological polar surface area (TPSA) is 91.2 Å². The molecule has 2 aliphatic heterocycles. The number of carbonyl (C=O) groups is 1. The number of nitro benzene ring substituents is 1.